The highest BCUT2D eigenvalue weighted by molar-refractivity contribution is 7.91. The summed E-state index contributed by atoms with van der Waals surface area (Å²) in [6.45, 7) is 2.70. The molecule has 0 amide bonds. The quantitative estimate of drug-likeness (QED) is 0.616. The fourth-order valence-corrected chi connectivity index (χ4v) is 5.19. The van der Waals surface area contributed by atoms with E-state index < -0.39 is 19.7 Å². The average molecular weight is 423 g/mol. The molecule has 6 nitrogen and oxygen atoms in total. The Kier molecular flexibility index (Phi) is 6.90. The zero-order chi connectivity index (χ0) is 20.9. The molecule has 0 unspecified atom stereocenters. The fourth-order valence-electron chi connectivity index (χ4n) is 2.50. The fraction of sp³-hybridized carbons (Fsp3) is 0.300. The highest BCUT2D eigenvalue weighted by Gasteiger charge is 2.17. The van der Waals surface area contributed by atoms with Crippen molar-refractivity contribution in [3.63, 3.8) is 0 Å². The van der Waals surface area contributed by atoms with Gasteiger partial charge in [-0.25, -0.2) is 16.8 Å². The molecule has 0 aliphatic carbocycles. The lowest BCUT2D eigenvalue weighted by Gasteiger charge is -2.07. The van der Waals surface area contributed by atoms with Crippen molar-refractivity contribution < 1.29 is 26.4 Å². The molecule has 0 radical (unpaired) electrons. The van der Waals surface area contributed by atoms with Crippen LogP contribution in [-0.2, 0) is 29.3 Å². The Morgan fingerprint density at radius 2 is 0.893 bits per heavy atom. The summed E-state index contributed by atoms with van der Waals surface area (Å²) < 4.78 is 48.8. The molecule has 0 heterocycles. The van der Waals surface area contributed by atoms with Gasteiger partial charge in [-0.2, -0.15) is 0 Å². The molecule has 0 aliphatic heterocycles. The summed E-state index contributed by atoms with van der Waals surface area (Å²) >= 11 is 0. The van der Waals surface area contributed by atoms with Crippen LogP contribution in [0.3, 0.4) is 0 Å². The molecule has 0 spiro atoms. The number of hydrogen-bond donors (Lipinski definition) is 0. The monoisotopic (exact) mass is 422 g/mol. The highest BCUT2D eigenvalue weighted by Crippen LogP contribution is 2.24. The van der Waals surface area contributed by atoms with Gasteiger partial charge < -0.3 is 0 Å². The molecule has 2 aromatic rings. The number of ketones is 2. The number of benzene rings is 2. The molecule has 2 aromatic carbocycles. The van der Waals surface area contributed by atoms with Gasteiger partial charge in [0.15, 0.2) is 19.7 Å². The summed E-state index contributed by atoms with van der Waals surface area (Å²) in [5.41, 5.74) is 1.47. The molecule has 0 bridgehead atoms. The third-order valence-corrected chi connectivity index (χ3v) is 7.67. The van der Waals surface area contributed by atoms with Crippen molar-refractivity contribution in [2.75, 3.05) is 11.5 Å². The minimum Gasteiger partial charge on any atom is -0.300 e. The van der Waals surface area contributed by atoms with Crippen molar-refractivity contribution in [2.24, 2.45) is 0 Å². The van der Waals surface area contributed by atoms with Crippen molar-refractivity contribution in [1.82, 2.24) is 0 Å². The van der Waals surface area contributed by atoms with E-state index in [0.717, 1.165) is 11.1 Å². The van der Waals surface area contributed by atoms with Crippen LogP contribution in [0, 0.1) is 0 Å². The second-order valence-electron chi connectivity index (χ2n) is 6.59. The SMILES string of the molecule is CC(=O)CCS(=O)(=O)c1ccc(-c2ccc(S(=O)(=O)CCC(C)=O)cc2)cc1. The molecule has 0 atom stereocenters. The number of carbonyl (C=O) groups excluding carboxylic acids is 2. The second kappa shape index (κ2) is 8.79. The van der Waals surface area contributed by atoms with Gasteiger partial charge in [-0.1, -0.05) is 24.3 Å². The first kappa shape index (κ1) is 22.0. The number of carbonyl (C=O) groups is 2. The first-order valence-corrected chi connectivity index (χ1v) is 12.0. The smallest absolute Gasteiger partial charge is 0.178 e. The van der Waals surface area contributed by atoms with Gasteiger partial charge in [-0.15, -0.1) is 0 Å². The summed E-state index contributed by atoms with van der Waals surface area (Å²) in [6, 6.07) is 12.5. The molecular weight excluding hydrogens is 400 g/mol. The van der Waals surface area contributed by atoms with Crippen LogP contribution in [-0.4, -0.2) is 39.9 Å². The number of rotatable bonds is 9. The van der Waals surface area contributed by atoms with E-state index in [1.165, 1.54) is 38.1 Å². The van der Waals surface area contributed by atoms with E-state index >= 15 is 0 Å². The van der Waals surface area contributed by atoms with Crippen molar-refractivity contribution >= 4 is 31.2 Å². The molecule has 150 valence electrons. The molecule has 0 aliphatic rings. The van der Waals surface area contributed by atoms with Crippen LogP contribution in [0.1, 0.15) is 26.7 Å². The summed E-state index contributed by atoms with van der Waals surface area (Å²) in [4.78, 5) is 22.3. The maximum Gasteiger partial charge on any atom is 0.178 e. The van der Waals surface area contributed by atoms with Gasteiger partial charge in [0.25, 0.3) is 0 Å². The molecule has 0 N–H and O–H groups in total. The molecular formula is C20H22O6S2. The maximum absolute atomic E-state index is 12.2. The summed E-state index contributed by atoms with van der Waals surface area (Å²) in [6.07, 6.45) is -0.0483. The Morgan fingerprint density at radius 1 is 0.607 bits per heavy atom. The van der Waals surface area contributed by atoms with Gasteiger partial charge in [0.1, 0.15) is 11.6 Å². The minimum atomic E-state index is -3.52. The molecule has 0 fully saturated rings. The Balaban J connectivity index is 2.18. The predicted octanol–water partition coefficient (Wildman–Crippen LogP) is 2.86. The lowest BCUT2D eigenvalue weighted by atomic mass is 10.1. The van der Waals surface area contributed by atoms with E-state index in [1.807, 2.05) is 0 Å². The summed E-state index contributed by atoms with van der Waals surface area (Å²) in [5, 5.41) is 0. The number of Topliss-reactive ketones (excluding diaryl/α,β-unsaturated/α-hetero) is 2. The standard InChI is InChI=1S/C20H22O6S2/c1-15(21)11-13-27(23,24)19-7-3-17(4-8-19)18-5-9-20(10-6-18)28(25,26)14-12-16(2)22/h3-10H,11-14H2,1-2H3. The summed E-state index contributed by atoms with van der Waals surface area (Å²) in [7, 11) is -7.04. The van der Waals surface area contributed by atoms with Gasteiger partial charge in [0.05, 0.1) is 21.3 Å². The molecule has 0 aromatic heterocycles. The lowest BCUT2D eigenvalue weighted by Crippen LogP contribution is -2.10. The van der Waals surface area contributed by atoms with Crippen molar-refractivity contribution in [2.45, 2.75) is 36.5 Å². The van der Waals surface area contributed by atoms with Crippen molar-refractivity contribution in [1.29, 1.82) is 0 Å². The van der Waals surface area contributed by atoms with Crippen LogP contribution >= 0.6 is 0 Å². The average Bonchev–Trinajstić information content (AvgIpc) is 2.65. The Bertz CT molecular complexity index is 975. The van der Waals surface area contributed by atoms with Crippen LogP contribution in [0.4, 0.5) is 0 Å². The molecule has 28 heavy (non-hydrogen) atoms. The predicted molar refractivity (Wildman–Crippen MR) is 107 cm³/mol. The van der Waals surface area contributed by atoms with Crippen LogP contribution in [0.2, 0.25) is 0 Å². The number of sulfone groups is 2. The molecule has 2 rings (SSSR count). The Labute approximate surface area is 165 Å². The molecule has 8 heteroatoms. The zero-order valence-corrected chi connectivity index (χ0v) is 17.3. The van der Waals surface area contributed by atoms with Gasteiger partial charge >= 0.3 is 0 Å². The highest BCUT2D eigenvalue weighted by atomic mass is 32.2. The third-order valence-electron chi connectivity index (χ3n) is 4.21. The molecule has 0 saturated carbocycles. The first-order valence-electron chi connectivity index (χ1n) is 8.66. The van der Waals surface area contributed by atoms with Crippen LogP contribution in [0.25, 0.3) is 11.1 Å². The zero-order valence-electron chi connectivity index (χ0n) is 15.7. The Hall–Kier alpha value is -2.32. The van der Waals surface area contributed by atoms with Crippen LogP contribution < -0.4 is 0 Å². The van der Waals surface area contributed by atoms with Crippen molar-refractivity contribution in [3.05, 3.63) is 48.5 Å². The van der Waals surface area contributed by atoms with Gasteiger partial charge in [-0.05, 0) is 49.2 Å². The lowest BCUT2D eigenvalue weighted by molar-refractivity contribution is -0.117. The van der Waals surface area contributed by atoms with Crippen LogP contribution in [0.5, 0.6) is 0 Å². The van der Waals surface area contributed by atoms with Crippen molar-refractivity contribution in [3.8, 4) is 11.1 Å². The Morgan fingerprint density at radius 3 is 1.14 bits per heavy atom. The summed E-state index contributed by atoms with van der Waals surface area (Å²) in [5.74, 6) is -0.819. The van der Waals surface area contributed by atoms with E-state index in [2.05, 4.69) is 0 Å². The van der Waals surface area contributed by atoms with E-state index in [9.17, 15) is 26.4 Å². The third kappa shape index (κ3) is 5.84. The van der Waals surface area contributed by atoms with Gasteiger partial charge in [0, 0.05) is 12.8 Å². The molecule has 0 saturated heterocycles. The van der Waals surface area contributed by atoms with Crippen LogP contribution in [0.15, 0.2) is 58.3 Å². The van der Waals surface area contributed by atoms with Gasteiger partial charge in [-0.3, -0.25) is 9.59 Å². The minimum absolute atomic E-state index is 0.0242. The largest absolute Gasteiger partial charge is 0.300 e. The van der Waals surface area contributed by atoms with E-state index in [4.69, 9.17) is 0 Å². The van der Waals surface area contributed by atoms with E-state index in [-0.39, 0.29) is 45.7 Å². The first-order chi connectivity index (χ1) is 13.0. The number of hydrogen-bond acceptors (Lipinski definition) is 6. The van der Waals surface area contributed by atoms with E-state index in [0.29, 0.717) is 0 Å². The maximum atomic E-state index is 12.2. The topological polar surface area (TPSA) is 102 Å². The second-order valence-corrected chi connectivity index (χ2v) is 10.8. The van der Waals surface area contributed by atoms with E-state index in [1.54, 1.807) is 24.3 Å². The van der Waals surface area contributed by atoms with Gasteiger partial charge in [0.2, 0.25) is 0 Å². The normalized spacial score (nSPS) is 11.9.